The van der Waals surface area contributed by atoms with Crippen LogP contribution in [0.5, 0.6) is 0 Å². The second-order valence-electron chi connectivity index (χ2n) is 7.99. The largest absolute Gasteiger partial charge is 0.325 e. The summed E-state index contributed by atoms with van der Waals surface area (Å²) in [6.45, 7) is 3.59. The first-order valence-electron chi connectivity index (χ1n) is 10.2. The zero-order valence-corrected chi connectivity index (χ0v) is 17.1. The molecule has 1 saturated heterocycles. The molecule has 1 saturated carbocycles. The Hall–Kier alpha value is -3.30. The van der Waals surface area contributed by atoms with Crippen LogP contribution in [0.4, 0.5) is 10.5 Å². The van der Waals surface area contributed by atoms with E-state index >= 15 is 0 Å². The Morgan fingerprint density at radius 1 is 1.30 bits per heavy atom. The molecule has 4 rings (SSSR count). The fourth-order valence-corrected chi connectivity index (χ4v) is 4.27. The molecule has 0 radical (unpaired) electrons. The van der Waals surface area contributed by atoms with Gasteiger partial charge in [-0.3, -0.25) is 14.5 Å². The van der Waals surface area contributed by atoms with Gasteiger partial charge in [-0.1, -0.05) is 19.4 Å². The molecular weight excluding hydrogens is 386 g/mol. The van der Waals surface area contributed by atoms with Gasteiger partial charge in [0.05, 0.1) is 5.69 Å². The molecule has 0 atom stereocenters. The van der Waals surface area contributed by atoms with Gasteiger partial charge < -0.3 is 10.6 Å². The number of benzene rings is 1. The number of carbonyl (C=O) groups excluding carboxylic acids is 3. The van der Waals surface area contributed by atoms with E-state index in [1.54, 1.807) is 29.8 Å². The van der Waals surface area contributed by atoms with Crippen molar-refractivity contribution in [1.29, 1.82) is 0 Å². The molecule has 0 bridgehead atoms. The van der Waals surface area contributed by atoms with Crippen molar-refractivity contribution in [3.8, 4) is 5.69 Å². The third-order valence-electron chi connectivity index (χ3n) is 6.08. The van der Waals surface area contributed by atoms with Crippen LogP contribution < -0.4 is 10.6 Å². The molecule has 2 aliphatic rings. The number of hydrogen-bond acceptors (Lipinski definition) is 6. The van der Waals surface area contributed by atoms with E-state index in [2.05, 4.69) is 33.1 Å². The minimum Gasteiger partial charge on any atom is -0.324 e. The summed E-state index contributed by atoms with van der Waals surface area (Å²) in [6.07, 6.45) is 4.15. The molecule has 1 aliphatic heterocycles. The Bertz CT molecular complexity index is 978. The number of anilines is 1. The quantitative estimate of drug-likeness (QED) is 0.724. The lowest BCUT2D eigenvalue weighted by Crippen LogP contribution is -2.49. The Morgan fingerprint density at radius 3 is 2.73 bits per heavy atom. The van der Waals surface area contributed by atoms with Gasteiger partial charge in [0.2, 0.25) is 5.91 Å². The zero-order valence-electron chi connectivity index (χ0n) is 17.1. The second-order valence-corrected chi connectivity index (χ2v) is 7.99. The average molecular weight is 411 g/mol. The monoisotopic (exact) mass is 411 g/mol. The smallest absolute Gasteiger partial charge is 0.324 e. The molecule has 2 N–H and O–H groups in total. The Kier molecular flexibility index (Phi) is 5.23. The van der Waals surface area contributed by atoms with Crippen molar-refractivity contribution in [3.05, 3.63) is 30.1 Å². The van der Waals surface area contributed by atoms with Crippen molar-refractivity contribution in [2.75, 3.05) is 11.9 Å². The highest BCUT2D eigenvalue weighted by Crippen LogP contribution is 2.37. The number of aromatic nitrogens is 4. The van der Waals surface area contributed by atoms with E-state index in [0.717, 1.165) is 24.2 Å². The first-order chi connectivity index (χ1) is 14.4. The predicted octanol–water partition coefficient (Wildman–Crippen LogP) is 1.80. The van der Waals surface area contributed by atoms with E-state index in [1.807, 2.05) is 6.07 Å². The molecule has 1 spiro atoms. The predicted molar refractivity (Wildman–Crippen MR) is 108 cm³/mol. The second kappa shape index (κ2) is 7.85. The molecule has 1 aromatic carbocycles. The lowest BCUT2D eigenvalue weighted by atomic mass is 9.75. The Morgan fingerprint density at radius 2 is 2.07 bits per heavy atom. The molecule has 30 heavy (non-hydrogen) atoms. The first kappa shape index (κ1) is 20.0. The zero-order chi connectivity index (χ0) is 21.3. The lowest BCUT2D eigenvalue weighted by Gasteiger charge is -2.34. The third-order valence-corrected chi connectivity index (χ3v) is 6.08. The summed E-state index contributed by atoms with van der Waals surface area (Å²) < 4.78 is 1.55. The maximum Gasteiger partial charge on any atom is 0.325 e. The standard InChI is InChI=1S/C20H25N7O3/c1-3-14-7-9-20(10-8-14)18(29)26(19(30)22-20)12-17(28)21-15-5-4-6-16(11-15)27-13(2)23-24-25-27/h4-6,11,14H,3,7-10,12H2,1-2H3,(H,21,28)(H,22,30). The molecule has 2 aromatic rings. The third kappa shape index (κ3) is 3.64. The summed E-state index contributed by atoms with van der Waals surface area (Å²) >= 11 is 0. The van der Waals surface area contributed by atoms with Crippen LogP contribution in [0, 0.1) is 12.8 Å². The van der Waals surface area contributed by atoms with Crippen LogP contribution in [0.2, 0.25) is 0 Å². The average Bonchev–Trinajstić information content (AvgIpc) is 3.26. The van der Waals surface area contributed by atoms with Gasteiger partial charge in [-0.15, -0.1) is 5.10 Å². The van der Waals surface area contributed by atoms with Crippen LogP contribution in [0.25, 0.3) is 5.69 Å². The molecule has 1 aliphatic carbocycles. The fourth-order valence-electron chi connectivity index (χ4n) is 4.27. The van der Waals surface area contributed by atoms with Gasteiger partial charge in [-0.2, -0.15) is 4.68 Å². The van der Waals surface area contributed by atoms with Crippen molar-refractivity contribution in [3.63, 3.8) is 0 Å². The molecule has 10 heteroatoms. The fraction of sp³-hybridized carbons (Fsp3) is 0.500. The highest BCUT2D eigenvalue weighted by molar-refractivity contribution is 6.10. The molecule has 158 valence electrons. The minimum absolute atomic E-state index is 0.296. The van der Waals surface area contributed by atoms with Crippen LogP contribution in [0.3, 0.4) is 0 Å². The highest BCUT2D eigenvalue weighted by atomic mass is 16.2. The molecule has 2 heterocycles. The molecule has 1 aromatic heterocycles. The maximum absolute atomic E-state index is 13.0. The van der Waals surface area contributed by atoms with E-state index in [0.29, 0.717) is 36.0 Å². The molecule has 4 amide bonds. The summed E-state index contributed by atoms with van der Waals surface area (Å²) in [6, 6.07) is 6.53. The molecule has 0 unspecified atom stereocenters. The summed E-state index contributed by atoms with van der Waals surface area (Å²) in [5.41, 5.74) is 0.371. The Labute approximate surface area is 174 Å². The number of nitrogens with zero attached hydrogens (tertiary/aromatic N) is 5. The van der Waals surface area contributed by atoms with Crippen LogP contribution in [0.1, 0.15) is 44.9 Å². The van der Waals surface area contributed by atoms with Crippen LogP contribution in [-0.4, -0.2) is 55.0 Å². The Balaban J connectivity index is 1.42. The van der Waals surface area contributed by atoms with Crippen molar-refractivity contribution < 1.29 is 14.4 Å². The number of amides is 4. The van der Waals surface area contributed by atoms with Gasteiger partial charge in [0, 0.05) is 5.69 Å². The van der Waals surface area contributed by atoms with E-state index in [4.69, 9.17) is 0 Å². The number of carbonyl (C=O) groups is 3. The number of imide groups is 1. The van der Waals surface area contributed by atoms with Gasteiger partial charge >= 0.3 is 6.03 Å². The molecule has 2 fully saturated rings. The normalized spacial score (nSPS) is 23.7. The van der Waals surface area contributed by atoms with Crippen LogP contribution in [-0.2, 0) is 9.59 Å². The summed E-state index contributed by atoms with van der Waals surface area (Å²) in [5.74, 6) is 0.466. The van der Waals surface area contributed by atoms with Gasteiger partial charge in [-0.25, -0.2) is 4.79 Å². The van der Waals surface area contributed by atoms with E-state index < -0.39 is 17.5 Å². The van der Waals surface area contributed by atoms with Gasteiger partial charge in [0.25, 0.3) is 5.91 Å². The molecule has 10 nitrogen and oxygen atoms in total. The topological polar surface area (TPSA) is 122 Å². The summed E-state index contributed by atoms with van der Waals surface area (Å²) in [7, 11) is 0. The van der Waals surface area contributed by atoms with Crippen LogP contribution >= 0.6 is 0 Å². The number of nitrogens with one attached hydrogen (secondary N) is 2. The van der Waals surface area contributed by atoms with Crippen molar-refractivity contribution >= 4 is 23.5 Å². The number of aryl methyl sites for hydroxylation is 1. The number of urea groups is 1. The number of hydrogen-bond donors (Lipinski definition) is 2. The van der Waals surface area contributed by atoms with E-state index in [9.17, 15) is 14.4 Å². The van der Waals surface area contributed by atoms with Crippen molar-refractivity contribution in [1.82, 2.24) is 30.4 Å². The van der Waals surface area contributed by atoms with E-state index in [1.165, 1.54) is 0 Å². The van der Waals surface area contributed by atoms with Crippen molar-refractivity contribution in [2.24, 2.45) is 5.92 Å². The minimum atomic E-state index is -0.847. The number of tetrazole rings is 1. The van der Waals surface area contributed by atoms with Gasteiger partial charge in [-0.05, 0) is 67.2 Å². The number of rotatable bonds is 5. The summed E-state index contributed by atoms with van der Waals surface area (Å²) in [4.78, 5) is 39.0. The van der Waals surface area contributed by atoms with Crippen LogP contribution in [0.15, 0.2) is 24.3 Å². The van der Waals surface area contributed by atoms with Gasteiger partial charge in [0.15, 0.2) is 5.82 Å². The highest BCUT2D eigenvalue weighted by Gasteiger charge is 2.52. The van der Waals surface area contributed by atoms with Crippen molar-refractivity contribution in [2.45, 2.75) is 51.5 Å². The first-order valence-corrected chi connectivity index (χ1v) is 10.2. The van der Waals surface area contributed by atoms with E-state index in [-0.39, 0.29) is 12.5 Å². The lowest BCUT2D eigenvalue weighted by molar-refractivity contribution is -0.135. The van der Waals surface area contributed by atoms with Gasteiger partial charge in [0.1, 0.15) is 12.1 Å². The summed E-state index contributed by atoms with van der Waals surface area (Å²) in [5, 5.41) is 17.0. The maximum atomic E-state index is 13.0. The molecular formula is C20H25N7O3. The SMILES string of the molecule is CCC1CCC2(CC1)NC(=O)N(CC(=O)Nc1cccc(-n3nnnc3C)c1)C2=O.